The van der Waals surface area contributed by atoms with Crippen LogP contribution in [-0.4, -0.2) is 12.3 Å². The molecule has 0 unspecified atom stereocenters. The van der Waals surface area contributed by atoms with E-state index in [4.69, 9.17) is 0 Å². The van der Waals surface area contributed by atoms with Crippen molar-refractivity contribution >= 4 is 5.71 Å². The Balaban J connectivity index is 5.36. The second-order valence-electron chi connectivity index (χ2n) is 3.59. The first-order valence-corrected chi connectivity index (χ1v) is 5.15. The normalized spacial score (nSPS) is 13.2. The average molecular weight is 203 g/mol. The minimum Gasteiger partial charge on any atom is -0.285 e. The van der Waals surface area contributed by atoms with Gasteiger partial charge in [0.15, 0.2) is 0 Å². The molecule has 0 saturated heterocycles. The number of aliphatic imine (C=N–C) groups is 1. The number of hydrogen-bond donors (Lipinski definition) is 0. The lowest BCUT2D eigenvalue weighted by Crippen LogP contribution is -2.07. The van der Waals surface area contributed by atoms with E-state index < -0.39 is 0 Å². The van der Waals surface area contributed by atoms with E-state index in [9.17, 15) is 0 Å². The number of hydrogen-bond acceptors (Lipinski definition) is 1. The standard InChI is InChI=1S/C14H21N/c1-8-11(5)13(7)14(15-9-2)12(6)10(3)4/h8H,1,3,6,9H2,2,4-5,7H3/b13-11-,15-14?. The Bertz CT molecular complexity index is 340. The van der Waals surface area contributed by atoms with Crippen molar-refractivity contribution in [3.63, 3.8) is 0 Å². The molecule has 0 aliphatic rings. The van der Waals surface area contributed by atoms with Crippen molar-refractivity contribution in [1.82, 2.24) is 0 Å². The van der Waals surface area contributed by atoms with Gasteiger partial charge < -0.3 is 0 Å². The molecule has 0 amide bonds. The molecule has 0 fully saturated rings. The average Bonchev–Trinajstić information content (AvgIpc) is 2.22. The predicted octanol–water partition coefficient (Wildman–Crippen LogP) is 4.10. The molecule has 0 spiro atoms. The molecular formula is C14H21N. The van der Waals surface area contributed by atoms with Crippen LogP contribution in [0.3, 0.4) is 0 Å². The van der Waals surface area contributed by atoms with E-state index in [0.717, 1.165) is 34.5 Å². The maximum atomic E-state index is 4.46. The third-order valence-electron chi connectivity index (χ3n) is 2.37. The Hall–Kier alpha value is -1.37. The quantitative estimate of drug-likeness (QED) is 0.471. The molecule has 0 bridgehead atoms. The fourth-order valence-electron chi connectivity index (χ4n) is 1.14. The number of allylic oxidation sites excluding steroid dienone is 5. The molecule has 0 atom stereocenters. The minimum absolute atomic E-state index is 0.753. The topological polar surface area (TPSA) is 12.4 Å². The van der Waals surface area contributed by atoms with Gasteiger partial charge in [0.05, 0.1) is 5.71 Å². The fraction of sp³-hybridized carbons (Fsp3) is 0.357. The van der Waals surface area contributed by atoms with Crippen LogP contribution >= 0.6 is 0 Å². The molecule has 0 aromatic carbocycles. The summed E-state index contributed by atoms with van der Waals surface area (Å²) in [5, 5.41) is 0. The summed E-state index contributed by atoms with van der Waals surface area (Å²) in [6.45, 7) is 20.5. The third kappa shape index (κ3) is 3.70. The van der Waals surface area contributed by atoms with E-state index in [1.165, 1.54) is 0 Å². The Morgan fingerprint density at radius 2 is 1.73 bits per heavy atom. The lowest BCUT2D eigenvalue weighted by molar-refractivity contribution is 1.12. The zero-order valence-corrected chi connectivity index (χ0v) is 10.4. The zero-order valence-electron chi connectivity index (χ0n) is 10.4. The van der Waals surface area contributed by atoms with Gasteiger partial charge in [-0.1, -0.05) is 25.8 Å². The molecular weight excluding hydrogens is 182 g/mol. The zero-order chi connectivity index (χ0) is 12.0. The summed E-state index contributed by atoms with van der Waals surface area (Å²) in [6, 6.07) is 0. The van der Waals surface area contributed by atoms with Gasteiger partial charge in [-0.15, -0.1) is 0 Å². The van der Waals surface area contributed by atoms with Crippen molar-refractivity contribution in [1.29, 1.82) is 0 Å². The first-order chi connectivity index (χ1) is 6.95. The molecule has 0 radical (unpaired) electrons. The molecule has 1 heteroatoms. The summed E-state index contributed by atoms with van der Waals surface area (Å²) >= 11 is 0. The summed E-state index contributed by atoms with van der Waals surface area (Å²) < 4.78 is 0. The van der Waals surface area contributed by atoms with Crippen LogP contribution in [-0.2, 0) is 0 Å². The van der Waals surface area contributed by atoms with E-state index in [2.05, 4.69) is 24.7 Å². The highest BCUT2D eigenvalue weighted by Gasteiger charge is 2.08. The minimum atomic E-state index is 0.753. The van der Waals surface area contributed by atoms with E-state index >= 15 is 0 Å². The van der Waals surface area contributed by atoms with Crippen LogP contribution in [0.1, 0.15) is 27.7 Å². The van der Waals surface area contributed by atoms with Crippen LogP contribution in [0.5, 0.6) is 0 Å². The summed E-state index contributed by atoms with van der Waals surface area (Å²) in [5.41, 5.74) is 5.07. The molecule has 0 heterocycles. The van der Waals surface area contributed by atoms with Gasteiger partial charge in [0, 0.05) is 6.54 Å². The second kappa shape index (κ2) is 6.18. The molecule has 15 heavy (non-hydrogen) atoms. The largest absolute Gasteiger partial charge is 0.285 e. The maximum Gasteiger partial charge on any atom is 0.0674 e. The van der Waals surface area contributed by atoms with Crippen molar-refractivity contribution in [3.05, 3.63) is 48.1 Å². The van der Waals surface area contributed by atoms with Gasteiger partial charge >= 0.3 is 0 Å². The number of nitrogens with zero attached hydrogens (tertiary/aromatic N) is 1. The van der Waals surface area contributed by atoms with Crippen LogP contribution in [0, 0.1) is 0 Å². The van der Waals surface area contributed by atoms with Crippen molar-refractivity contribution in [2.75, 3.05) is 6.54 Å². The first kappa shape index (κ1) is 13.6. The number of rotatable bonds is 5. The molecule has 0 N–H and O–H groups in total. The lowest BCUT2D eigenvalue weighted by atomic mass is 9.96. The van der Waals surface area contributed by atoms with Crippen LogP contribution in [0.2, 0.25) is 0 Å². The van der Waals surface area contributed by atoms with E-state index in [1.54, 1.807) is 0 Å². The summed E-state index contributed by atoms with van der Waals surface area (Å²) in [5.74, 6) is 0. The summed E-state index contributed by atoms with van der Waals surface area (Å²) in [4.78, 5) is 4.46. The van der Waals surface area contributed by atoms with Gasteiger partial charge in [-0.2, -0.15) is 0 Å². The lowest BCUT2D eigenvalue weighted by Gasteiger charge is -2.12. The SMILES string of the molecule is C=C/C(C)=C(/C)C(=NCC)C(=C)C(=C)C. The third-order valence-corrected chi connectivity index (χ3v) is 2.37. The molecule has 0 aliphatic carbocycles. The van der Waals surface area contributed by atoms with E-state index in [1.807, 2.05) is 33.8 Å². The van der Waals surface area contributed by atoms with Crippen molar-refractivity contribution < 1.29 is 0 Å². The molecule has 0 aliphatic heterocycles. The fourth-order valence-corrected chi connectivity index (χ4v) is 1.14. The van der Waals surface area contributed by atoms with Crippen LogP contribution < -0.4 is 0 Å². The Morgan fingerprint density at radius 1 is 1.20 bits per heavy atom. The maximum absolute atomic E-state index is 4.46. The first-order valence-electron chi connectivity index (χ1n) is 5.15. The van der Waals surface area contributed by atoms with Crippen molar-refractivity contribution in [2.24, 2.45) is 4.99 Å². The highest BCUT2D eigenvalue weighted by atomic mass is 14.7. The Morgan fingerprint density at radius 3 is 2.07 bits per heavy atom. The highest BCUT2D eigenvalue weighted by Crippen LogP contribution is 2.16. The van der Waals surface area contributed by atoms with Crippen molar-refractivity contribution in [2.45, 2.75) is 27.7 Å². The summed E-state index contributed by atoms with van der Waals surface area (Å²) in [6.07, 6.45) is 1.84. The van der Waals surface area contributed by atoms with Gasteiger partial charge in [-0.05, 0) is 50.0 Å². The Kier molecular flexibility index (Phi) is 5.61. The molecule has 82 valence electrons. The van der Waals surface area contributed by atoms with E-state index in [0.29, 0.717) is 0 Å². The van der Waals surface area contributed by atoms with Crippen LogP contribution in [0.4, 0.5) is 0 Å². The van der Waals surface area contributed by atoms with Crippen LogP contribution in [0.25, 0.3) is 0 Å². The monoisotopic (exact) mass is 203 g/mol. The molecule has 1 nitrogen and oxygen atoms in total. The molecule has 0 saturated carbocycles. The Labute approximate surface area is 93.6 Å². The highest BCUT2D eigenvalue weighted by molar-refractivity contribution is 6.14. The van der Waals surface area contributed by atoms with Gasteiger partial charge in [0.1, 0.15) is 0 Å². The molecule has 0 rings (SSSR count). The molecule has 0 aromatic heterocycles. The van der Waals surface area contributed by atoms with Crippen molar-refractivity contribution in [3.8, 4) is 0 Å². The molecule has 0 aromatic rings. The van der Waals surface area contributed by atoms with E-state index in [-0.39, 0.29) is 0 Å². The van der Waals surface area contributed by atoms with Gasteiger partial charge in [-0.25, -0.2) is 0 Å². The van der Waals surface area contributed by atoms with Gasteiger partial charge in [0.2, 0.25) is 0 Å². The second-order valence-corrected chi connectivity index (χ2v) is 3.59. The smallest absolute Gasteiger partial charge is 0.0674 e. The summed E-state index contributed by atoms with van der Waals surface area (Å²) in [7, 11) is 0. The van der Waals surface area contributed by atoms with Gasteiger partial charge in [-0.3, -0.25) is 4.99 Å². The van der Waals surface area contributed by atoms with Crippen LogP contribution in [0.15, 0.2) is 53.1 Å². The predicted molar refractivity (Wildman–Crippen MR) is 70.5 cm³/mol. The van der Waals surface area contributed by atoms with Gasteiger partial charge in [0.25, 0.3) is 0 Å².